The smallest absolute Gasteiger partial charge is 0.161 e. The van der Waals surface area contributed by atoms with Crippen molar-refractivity contribution in [3.05, 3.63) is 23.8 Å². The summed E-state index contributed by atoms with van der Waals surface area (Å²) in [5, 5.41) is 0. The maximum atomic E-state index is 6.07. The highest BCUT2D eigenvalue weighted by Crippen LogP contribution is 2.39. The van der Waals surface area contributed by atoms with E-state index in [0.717, 1.165) is 17.1 Å². The molecule has 1 aromatic carbocycles. The molecular weight excluding hydrogens is 218 g/mol. The fourth-order valence-electron chi connectivity index (χ4n) is 2.16. The quantitative estimate of drug-likeness (QED) is 0.858. The van der Waals surface area contributed by atoms with Crippen LogP contribution < -0.4 is 15.2 Å². The van der Waals surface area contributed by atoms with E-state index in [9.17, 15) is 0 Å². The van der Waals surface area contributed by atoms with Crippen LogP contribution in [0.15, 0.2) is 18.2 Å². The lowest BCUT2D eigenvalue weighted by molar-refractivity contribution is -0.0702. The molecule has 1 fully saturated rings. The van der Waals surface area contributed by atoms with Gasteiger partial charge in [0.15, 0.2) is 11.5 Å². The van der Waals surface area contributed by atoms with Crippen LogP contribution in [0.25, 0.3) is 0 Å². The fraction of sp³-hybridized carbons (Fsp3) is 0.538. The average molecular weight is 237 g/mol. The van der Waals surface area contributed by atoms with Crippen molar-refractivity contribution in [1.29, 1.82) is 0 Å². The molecule has 17 heavy (non-hydrogen) atoms. The second-order valence-electron chi connectivity index (χ2n) is 4.51. The number of benzene rings is 1. The molecule has 4 nitrogen and oxygen atoms in total. The molecule has 1 aliphatic rings. The molecule has 2 rings (SSSR count). The molecule has 1 aromatic rings. The van der Waals surface area contributed by atoms with Crippen molar-refractivity contribution >= 4 is 0 Å². The molecule has 1 atom stereocenters. The van der Waals surface area contributed by atoms with E-state index in [2.05, 4.69) is 0 Å². The summed E-state index contributed by atoms with van der Waals surface area (Å²) in [6.07, 6.45) is 0. The van der Waals surface area contributed by atoms with Gasteiger partial charge in [-0.2, -0.15) is 0 Å². The van der Waals surface area contributed by atoms with Crippen LogP contribution in [0.3, 0.4) is 0 Å². The normalized spacial score (nSPS) is 19.3. The minimum absolute atomic E-state index is 0.0503. The maximum Gasteiger partial charge on any atom is 0.161 e. The summed E-state index contributed by atoms with van der Waals surface area (Å²) in [6, 6.07) is 5.99. The molecule has 1 unspecified atom stereocenters. The third-order valence-electron chi connectivity index (χ3n) is 3.55. The molecule has 1 heterocycles. The van der Waals surface area contributed by atoms with Gasteiger partial charge in [0.2, 0.25) is 0 Å². The fourth-order valence-corrected chi connectivity index (χ4v) is 2.16. The van der Waals surface area contributed by atoms with Crippen LogP contribution >= 0.6 is 0 Å². The predicted molar refractivity (Wildman–Crippen MR) is 65.7 cm³/mol. The summed E-state index contributed by atoms with van der Waals surface area (Å²) in [5.41, 5.74) is 7.14. The largest absolute Gasteiger partial charge is 0.493 e. The second-order valence-corrected chi connectivity index (χ2v) is 4.51. The first kappa shape index (κ1) is 12.2. The van der Waals surface area contributed by atoms with Gasteiger partial charge in [-0.15, -0.1) is 0 Å². The van der Waals surface area contributed by atoms with Crippen LogP contribution in [0.1, 0.15) is 12.5 Å². The highest BCUT2D eigenvalue weighted by Gasteiger charge is 2.44. The molecule has 0 saturated carbocycles. The third-order valence-corrected chi connectivity index (χ3v) is 3.55. The van der Waals surface area contributed by atoms with Crippen LogP contribution in [-0.2, 0) is 10.2 Å². The van der Waals surface area contributed by atoms with E-state index in [0.29, 0.717) is 13.2 Å². The molecule has 94 valence electrons. The molecule has 0 radical (unpaired) electrons. The van der Waals surface area contributed by atoms with Gasteiger partial charge in [0.05, 0.1) is 32.8 Å². The SMILES string of the molecule is COc1ccc(C2(C(C)N)COC2)cc1OC. The standard InChI is InChI=1S/C13H19NO3/c1-9(14)13(7-17-8-13)10-4-5-11(15-2)12(6-10)16-3/h4-6,9H,7-8,14H2,1-3H3. The van der Waals surface area contributed by atoms with Gasteiger partial charge in [-0.1, -0.05) is 6.07 Å². The number of hydrogen-bond donors (Lipinski definition) is 1. The van der Waals surface area contributed by atoms with E-state index in [4.69, 9.17) is 19.9 Å². The van der Waals surface area contributed by atoms with Crippen molar-refractivity contribution in [3.63, 3.8) is 0 Å². The topological polar surface area (TPSA) is 53.7 Å². The molecule has 1 saturated heterocycles. The third kappa shape index (κ3) is 1.87. The Hall–Kier alpha value is -1.26. The summed E-state index contributed by atoms with van der Waals surface area (Å²) < 4.78 is 15.9. The Morgan fingerprint density at radius 2 is 1.88 bits per heavy atom. The van der Waals surface area contributed by atoms with Crippen molar-refractivity contribution in [2.75, 3.05) is 27.4 Å². The van der Waals surface area contributed by atoms with E-state index in [1.165, 1.54) is 0 Å². The number of methoxy groups -OCH3 is 2. The van der Waals surface area contributed by atoms with Gasteiger partial charge in [-0.05, 0) is 24.6 Å². The first-order valence-electron chi connectivity index (χ1n) is 5.70. The first-order valence-corrected chi connectivity index (χ1v) is 5.70. The van der Waals surface area contributed by atoms with Crippen LogP contribution in [0.2, 0.25) is 0 Å². The van der Waals surface area contributed by atoms with Crippen molar-refractivity contribution in [2.24, 2.45) is 5.73 Å². The van der Waals surface area contributed by atoms with Gasteiger partial charge in [0.25, 0.3) is 0 Å². The Morgan fingerprint density at radius 1 is 1.24 bits per heavy atom. The van der Waals surface area contributed by atoms with Gasteiger partial charge in [-0.3, -0.25) is 0 Å². The van der Waals surface area contributed by atoms with E-state index >= 15 is 0 Å². The van der Waals surface area contributed by atoms with E-state index in [1.807, 2.05) is 25.1 Å². The number of rotatable bonds is 4. The van der Waals surface area contributed by atoms with Gasteiger partial charge >= 0.3 is 0 Å². The monoisotopic (exact) mass is 237 g/mol. The average Bonchev–Trinajstić information content (AvgIpc) is 2.26. The molecule has 0 spiro atoms. The Morgan fingerprint density at radius 3 is 2.29 bits per heavy atom. The number of nitrogens with two attached hydrogens (primary N) is 1. The molecular formula is C13H19NO3. The van der Waals surface area contributed by atoms with Crippen LogP contribution in [0.5, 0.6) is 11.5 Å². The van der Waals surface area contributed by atoms with Gasteiger partial charge in [-0.25, -0.2) is 0 Å². The molecule has 0 amide bonds. The number of ether oxygens (including phenoxy) is 3. The predicted octanol–water partition coefficient (Wildman–Crippen LogP) is 1.32. The van der Waals surface area contributed by atoms with Crippen LogP contribution in [-0.4, -0.2) is 33.5 Å². The zero-order valence-electron chi connectivity index (χ0n) is 10.5. The summed E-state index contributed by atoms with van der Waals surface area (Å²) in [6.45, 7) is 3.35. The molecule has 0 bridgehead atoms. The lowest BCUT2D eigenvalue weighted by Gasteiger charge is -2.45. The minimum atomic E-state index is -0.0838. The van der Waals surface area contributed by atoms with E-state index in [-0.39, 0.29) is 11.5 Å². The van der Waals surface area contributed by atoms with Crippen LogP contribution in [0.4, 0.5) is 0 Å². The van der Waals surface area contributed by atoms with E-state index in [1.54, 1.807) is 14.2 Å². The Labute approximate surface area is 102 Å². The van der Waals surface area contributed by atoms with Crippen molar-refractivity contribution < 1.29 is 14.2 Å². The molecule has 2 N–H and O–H groups in total. The molecule has 1 aliphatic heterocycles. The second kappa shape index (κ2) is 4.55. The zero-order valence-corrected chi connectivity index (χ0v) is 10.5. The highest BCUT2D eigenvalue weighted by atomic mass is 16.5. The van der Waals surface area contributed by atoms with E-state index < -0.39 is 0 Å². The first-order chi connectivity index (χ1) is 8.14. The molecule has 4 heteroatoms. The number of hydrogen-bond acceptors (Lipinski definition) is 4. The summed E-state index contributed by atoms with van der Waals surface area (Å²) in [4.78, 5) is 0. The Bertz CT molecular complexity index is 400. The lowest BCUT2D eigenvalue weighted by atomic mass is 9.73. The summed E-state index contributed by atoms with van der Waals surface area (Å²) >= 11 is 0. The minimum Gasteiger partial charge on any atom is -0.493 e. The van der Waals surface area contributed by atoms with Gasteiger partial charge < -0.3 is 19.9 Å². The van der Waals surface area contributed by atoms with Crippen molar-refractivity contribution in [3.8, 4) is 11.5 Å². The summed E-state index contributed by atoms with van der Waals surface area (Å²) in [7, 11) is 3.27. The zero-order chi connectivity index (χ0) is 12.5. The van der Waals surface area contributed by atoms with Gasteiger partial charge in [0, 0.05) is 6.04 Å². The lowest BCUT2D eigenvalue weighted by Crippen LogP contribution is -2.57. The summed E-state index contributed by atoms with van der Waals surface area (Å²) in [5.74, 6) is 1.47. The van der Waals surface area contributed by atoms with Gasteiger partial charge in [0.1, 0.15) is 0 Å². The Kier molecular flexibility index (Phi) is 3.26. The van der Waals surface area contributed by atoms with Crippen LogP contribution in [0, 0.1) is 0 Å². The Balaban J connectivity index is 2.39. The highest BCUT2D eigenvalue weighted by molar-refractivity contribution is 5.46. The van der Waals surface area contributed by atoms with Crippen molar-refractivity contribution in [2.45, 2.75) is 18.4 Å². The molecule has 0 aromatic heterocycles. The van der Waals surface area contributed by atoms with Crippen molar-refractivity contribution in [1.82, 2.24) is 0 Å². The molecule has 0 aliphatic carbocycles. The maximum absolute atomic E-state index is 6.07.